The van der Waals surface area contributed by atoms with E-state index in [4.69, 9.17) is 0 Å². The molecule has 0 spiro atoms. The lowest BCUT2D eigenvalue weighted by Crippen LogP contribution is -2.17. The van der Waals surface area contributed by atoms with Crippen molar-refractivity contribution in [2.45, 2.75) is 20.8 Å². The van der Waals surface area contributed by atoms with Crippen LogP contribution in [-0.4, -0.2) is 12.6 Å². The highest BCUT2D eigenvalue weighted by Crippen LogP contribution is 2.16. The van der Waals surface area contributed by atoms with Gasteiger partial charge in [0.2, 0.25) is 0 Å². The highest BCUT2D eigenvalue weighted by atomic mass is 14.9. The van der Waals surface area contributed by atoms with E-state index in [2.05, 4.69) is 23.3 Å². The van der Waals surface area contributed by atoms with Gasteiger partial charge in [-0.3, -0.25) is 0 Å². The molecule has 0 aromatic carbocycles. The monoisotopic (exact) mass is 138 g/mol. The number of nitrogens with zero attached hydrogens (tertiary/aromatic N) is 2. The maximum absolute atomic E-state index is 3.97. The Morgan fingerprint density at radius 3 is 2.00 bits per heavy atom. The molecule has 0 atom stereocenters. The van der Waals surface area contributed by atoms with Crippen LogP contribution < -0.4 is 0 Å². The second-order valence-corrected chi connectivity index (χ2v) is 3.04. The molecule has 10 heavy (non-hydrogen) atoms. The first-order chi connectivity index (χ1) is 4.52. The van der Waals surface area contributed by atoms with Crippen LogP contribution in [0.2, 0.25) is 0 Å². The molecule has 0 aliphatic carbocycles. The minimum Gasteiger partial charge on any atom is -0.249 e. The first-order valence-corrected chi connectivity index (χ1v) is 3.18. The van der Waals surface area contributed by atoms with Gasteiger partial charge in [0.05, 0.1) is 0 Å². The van der Waals surface area contributed by atoms with Crippen LogP contribution in [0.4, 0.5) is 0 Å². The Bertz CT molecular complexity index is 161. The van der Waals surface area contributed by atoms with Crippen molar-refractivity contribution in [3.05, 3.63) is 12.8 Å². The molecule has 0 radical (unpaired) electrons. The zero-order valence-electron chi connectivity index (χ0n) is 6.89. The van der Waals surface area contributed by atoms with Crippen LogP contribution in [-0.2, 0) is 0 Å². The van der Waals surface area contributed by atoms with Gasteiger partial charge in [-0.25, -0.2) is 9.98 Å². The summed E-state index contributed by atoms with van der Waals surface area (Å²) in [5, 5.41) is 0. The molecule has 0 fully saturated rings. The topological polar surface area (TPSA) is 24.7 Å². The Morgan fingerprint density at radius 2 is 1.90 bits per heavy atom. The van der Waals surface area contributed by atoms with Gasteiger partial charge in [0.1, 0.15) is 5.84 Å². The zero-order valence-corrected chi connectivity index (χ0v) is 6.89. The summed E-state index contributed by atoms with van der Waals surface area (Å²) in [6, 6.07) is 0. The van der Waals surface area contributed by atoms with Crippen molar-refractivity contribution >= 4 is 12.6 Å². The number of hydrogen-bond donors (Lipinski definition) is 0. The summed E-state index contributed by atoms with van der Waals surface area (Å²) in [5.74, 6) is 0.725. The molecular weight excluding hydrogens is 124 g/mol. The van der Waals surface area contributed by atoms with Crippen molar-refractivity contribution in [3.63, 3.8) is 0 Å². The molecule has 0 bridgehead atoms. The van der Waals surface area contributed by atoms with Gasteiger partial charge in [0.15, 0.2) is 0 Å². The van der Waals surface area contributed by atoms with Crippen LogP contribution in [0.15, 0.2) is 22.8 Å². The van der Waals surface area contributed by atoms with Crippen LogP contribution in [0.25, 0.3) is 0 Å². The molecular formula is C8H14N2. The summed E-state index contributed by atoms with van der Waals surface area (Å²) in [6.07, 6.45) is 1.48. The first kappa shape index (κ1) is 9.08. The predicted molar refractivity (Wildman–Crippen MR) is 46.6 cm³/mol. The molecule has 0 N–H and O–H groups in total. The fourth-order valence-electron chi connectivity index (χ4n) is 0.558. The van der Waals surface area contributed by atoms with Crippen molar-refractivity contribution < 1.29 is 0 Å². The highest BCUT2D eigenvalue weighted by molar-refractivity contribution is 5.90. The van der Waals surface area contributed by atoms with Crippen LogP contribution in [0.3, 0.4) is 0 Å². The van der Waals surface area contributed by atoms with E-state index < -0.39 is 0 Å². The van der Waals surface area contributed by atoms with E-state index >= 15 is 0 Å². The van der Waals surface area contributed by atoms with Gasteiger partial charge in [-0.2, -0.15) is 0 Å². The summed E-state index contributed by atoms with van der Waals surface area (Å²) >= 11 is 0. The number of rotatable bonds is 1. The summed E-state index contributed by atoms with van der Waals surface area (Å²) in [6.45, 7) is 13.0. The molecule has 2 heteroatoms. The molecule has 56 valence electrons. The normalized spacial score (nSPS) is 12.9. The summed E-state index contributed by atoms with van der Waals surface area (Å²) in [4.78, 5) is 7.74. The molecule has 0 saturated carbocycles. The van der Waals surface area contributed by atoms with Gasteiger partial charge < -0.3 is 0 Å². The smallest absolute Gasteiger partial charge is 0.132 e. The van der Waals surface area contributed by atoms with Gasteiger partial charge >= 0.3 is 0 Å². The largest absolute Gasteiger partial charge is 0.249 e. The second-order valence-electron chi connectivity index (χ2n) is 3.04. The average molecular weight is 138 g/mol. The lowest BCUT2D eigenvalue weighted by atomic mass is 9.95. The number of hydrogen-bond acceptors (Lipinski definition) is 1. The molecule has 0 aliphatic rings. The minimum absolute atomic E-state index is 0.0318. The molecule has 0 saturated heterocycles. The standard InChI is InChI=1S/C8H14N2/c1-6-10-7(9-5)8(2,3)4/h6H,1,5H2,2-4H3. The molecule has 0 aliphatic heterocycles. The lowest BCUT2D eigenvalue weighted by molar-refractivity contribution is 0.586. The third-order valence-electron chi connectivity index (χ3n) is 1.03. The van der Waals surface area contributed by atoms with E-state index in [1.165, 1.54) is 6.20 Å². The van der Waals surface area contributed by atoms with Gasteiger partial charge in [0, 0.05) is 11.6 Å². The average Bonchev–Trinajstić information content (AvgIpc) is 1.80. The lowest BCUT2D eigenvalue weighted by Gasteiger charge is -2.15. The van der Waals surface area contributed by atoms with E-state index in [-0.39, 0.29) is 5.41 Å². The van der Waals surface area contributed by atoms with Crippen molar-refractivity contribution in [3.8, 4) is 0 Å². The Kier molecular flexibility index (Phi) is 3.00. The van der Waals surface area contributed by atoms with Gasteiger partial charge in [0.25, 0.3) is 0 Å². The van der Waals surface area contributed by atoms with E-state index in [1.54, 1.807) is 0 Å². The SMILES string of the molecule is C=CN=C(N=C)C(C)(C)C. The summed E-state index contributed by atoms with van der Waals surface area (Å²) in [7, 11) is 0. The third kappa shape index (κ3) is 2.58. The zero-order chi connectivity index (χ0) is 8.20. The third-order valence-corrected chi connectivity index (χ3v) is 1.03. The van der Waals surface area contributed by atoms with Gasteiger partial charge in [-0.05, 0) is 6.72 Å². The Labute approximate surface area is 62.4 Å². The fourth-order valence-corrected chi connectivity index (χ4v) is 0.558. The number of amidine groups is 1. The Balaban J connectivity index is 4.51. The molecule has 0 rings (SSSR count). The first-order valence-electron chi connectivity index (χ1n) is 3.18. The van der Waals surface area contributed by atoms with Gasteiger partial charge in [-0.15, -0.1) is 0 Å². The maximum atomic E-state index is 3.97. The number of aliphatic imine (C=N–C) groups is 2. The van der Waals surface area contributed by atoms with E-state index in [1.807, 2.05) is 20.8 Å². The molecule has 0 aromatic heterocycles. The van der Waals surface area contributed by atoms with E-state index in [0.717, 1.165) is 5.84 Å². The highest BCUT2D eigenvalue weighted by Gasteiger charge is 2.16. The van der Waals surface area contributed by atoms with Crippen molar-refractivity contribution in [2.75, 3.05) is 0 Å². The molecule has 0 unspecified atom stereocenters. The van der Waals surface area contributed by atoms with Crippen molar-refractivity contribution in [2.24, 2.45) is 15.4 Å². The van der Waals surface area contributed by atoms with Gasteiger partial charge in [-0.1, -0.05) is 27.4 Å². The molecule has 2 nitrogen and oxygen atoms in total. The van der Waals surface area contributed by atoms with Crippen LogP contribution in [0, 0.1) is 5.41 Å². The van der Waals surface area contributed by atoms with Crippen LogP contribution in [0.5, 0.6) is 0 Å². The Hall–Kier alpha value is -0.920. The molecule has 0 aromatic rings. The van der Waals surface area contributed by atoms with Crippen LogP contribution in [0.1, 0.15) is 20.8 Å². The fraction of sp³-hybridized carbons (Fsp3) is 0.500. The van der Waals surface area contributed by atoms with E-state index in [0.29, 0.717) is 0 Å². The Morgan fingerprint density at radius 1 is 1.40 bits per heavy atom. The predicted octanol–water partition coefficient (Wildman–Crippen LogP) is 2.28. The second kappa shape index (κ2) is 3.30. The van der Waals surface area contributed by atoms with E-state index in [9.17, 15) is 0 Å². The summed E-state index contributed by atoms with van der Waals surface area (Å²) in [5.41, 5.74) is -0.0318. The molecule has 0 heterocycles. The van der Waals surface area contributed by atoms with Crippen LogP contribution >= 0.6 is 0 Å². The quantitative estimate of drug-likeness (QED) is 0.392. The van der Waals surface area contributed by atoms with Crippen molar-refractivity contribution in [1.82, 2.24) is 0 Å². The maximum Gasteiger partial charge on any atom is 0.132 e. The molecule has 0 amide bonds. The summed E-state index contributed by atoms with van der Waals surface area (Å²) < 4.78 is 0. The van der Waals surface area contributed by atoms with Crippen molar-refractivity contribution in [1.29, 1.82) is 0 Å². The minimum atomic E-state index is -0.0318.